The van der Waals surface area contributed by atoms with Crippen molar-refractivity contribution in [3.63, 3.8) is 0 Å². The van der Waals surface area contributed by atoms with Crippen molar-refractivity contribution in [1.29, 1.82) is 0 Å². The Balaban J connectivity index is 1.74. The molecular weight excluding hydrogens is 414 g/mol. The van der Waals surface area contributed by atoms with Crippen molar-refractivity contribution in [2.24, 2.45) is 5.92 Å². The van der Waals surface area contributed by atoms with Gasteiger partial charge in [0.2, 0.25) is 10.0 Å². The Kier molecular flexibility index (Phi) is 6.62. The Morgan fingerprint density at radius 3 is 2.26 bits per heavy atom. The van der Waals surface area contributed by atoms with Gasteiger partial charge in [0.15, 0.2) is 6.61 Å². The van der Waals surface area contributed by atoms with Crippen molar-refractivity contribution >= 4 is 15.9 Å². The molecule has 1 fully saturated rings. The van der Waals surface area contributed by atoms with E-state index < -0.39 is 15.9 Å². The smallest absolute Gasteiger partial charge is 0.285 e. The van der Waals surface area contributed by atoms with Gasteiger partial charge >= 0.3 is 0 Å². The number of hydrogen-bond acceptors (Lipinski definition) is 5. The van der Waals surface area contributed by atoms with Crippen LogP contribution in [0.1, 0.15) is 62.3 Å². The van der Waals surface area contributed by atoms with E-state index >= 15 is 0 Å². The number of aryl methyl sites for hydroxylation is 1. The van der Waals surface area contributed by atoms with Crippen LogP contribution in [-0.4, -0.2) is 48.1 Å². The van der Waals surface area contributed by atoms with Gasteiger partial charge in [-0.05, 0) is 55.7 Å². The molecular formula is C23H33N3O4S. The molecule has 0 spiro atoms. The Labute approximate surface area is 185 Å². The van der Waals surface area contributed by atoms with E-state index in [1.54, 1.807) is 13.8 Å². The van der Waals surface area contributed by atoms with Crippen LogP contribution in [0, 0.1) is 19.8 Å². The van der Waals surface area contributed by atoms with Gasteiger partial charge in [-0.25, -0.2) is 13.1 Å². The number of rotatable bonds is 5. The summed E-state index contributed by atoms with van der Waals surface area (Å²) in [5.74, 6) is 0.694. The molecule has 1 aliphatic rings. The lowest BCUT2D eigenvalue weighted by Gasteiger charge is -2.29. The lowest BCUT2D eigenvalue weighted by atomic mass is 9.87. The van der Waals surface area contributed by atoms with E-state index in [4.69, 9.17) is 4.74 Å². The number of aromatic nitrogens is 2. The maximum atomic E-state index is 13.2. The lowest BCUT2D eigenvalue weighted by Crippen LogP contribution is -2.38. The van der Waals surface area contributed by atoms with E-state index in [2.05, 4.69) is 32.8 Å². The first-order valence-corrected chi connectivity index (χ1v) is 12.2. The normalized spacial score (nSPS) is 16.5. The fourth-order valence-electron chi connectivity index (χ4n) is 3.86. The quantitative estimate of drug-likeness (QED) is 0.693. The van der Waals surface area contributed by atoms with Gasteiger partial charge in [-0.15, -0.1) is 0 Å². The molecule has 0 amide bonds. The molecule has 2 aromatic rings. The minimum atomic E-state index is -3.69. The van der Waals surface area contributed by atoms with E-state index in [0.29, 0.717) is 36.1 Å². The summed E-state index contributed by atoms with van der Waals surface area (Å²) in [6.45, 7) is 12.5. The van der Waals surface area contributed by atoms with Crippen LogP contribution in [-0.2, 0) is 15.4 Å². The Morgan fingerprint density at radius 2 is 1.71 bits per heavy atom. The molecule has 1 aromatic carbocycles. The summed E-state index contributed by atoms with van der Waals surface area (Å²) in [6.07, 6.45) is 1.68. The lowest BCUT2D eigenvalue weighted by molar-refractivity contribution is 0.0817. The van der Waals surface area contributed by atoms with Gasteiger partial charge in [0.25, 0.3) is 5.91 Å². The largest absolute Gasteiger partial charge is 0.484 e. The second kappa shape index (κ2) is 8.74. The average molecular weight is 448 g/mol. The highest BCUT2D eigenvalue weighted by molar-refractivity contribution is 7.89. The van der Waals surface area contributed by atoms with Crippen LogP contribution in [0.3, 0.4) is 0 Å². The standard InChI is InChI=1S/C23H33N3O4S/c1-16-11-13-25(14-12-16)31(28,29)22-17(2)24-26(18(22)3)21(27)15-30-20-9-7-19(8-10-20)23(4,5)6/h7-10,16H,11-15H2,1-6H3. The number of nitrogens with zero attached hydrogens (tertiary/aromatic N) is 3. The van der Waals surface area contributed by atoms with Gasteiger partial charge in [0.1, 0.15) is 10.6 Å². The fraction of sp³-hybridized carbons (Fsp3) is 0.565. The summed E-state index contributed by atoms with van der Waals surface area (Å²) in [7, 11) is -3.69. The monoisotopic (exact) mass is 447 g/mol. The first-order valence-electron chi connectivity index (χ1n) is 10.7. The number of benzene rings is 1. The Morgan fingerprint density at radius 1 is 1.13 bits per heavy atom. The third-order valence-corrected chi connectivity index (χ3v) is 8.04. The molecule has 2 heterocycles. The van der Waals surface area contributed by atoms with Crippen molar-refractivity contribution < 1.29 is 17.9 Å². The first-order chi connectivity index (χ1) is 14.4. The number of sulfonamides is 1. The van der Waals surface area contributed by atoms with Crippen molar-refractivity contribution in [2.75, 3.05) is 19.7 Å². The first kappa shape index (κ1) is 23.5. The van der Waals surface area contributed by atoms with Gasteiger partial charge in [0, 0.05) is 13.1 Å². The molecule has 1 saturated heterocycles. The molecule has 0 unspecified atom stereocenters. The van der Waals surface area contributed by atoms with Crippen molar-refractivity contribution in [3.8, 4) is 5.75 Å². The summed E-state index contributed by atoms with van der Waals surface area (Å²) in [6, 6.07) is 7.63. The van der Waals surface area contributed by atoms with E-state index in [1.807, 2.05) is 24.3 Å². The van der Waals surface area contributed by atoms with Gasteiger partial charge < -0.3 is 4.74 Å². The number of carbonyl (C=O) groups is 1. The van der Waals surface area contributed by atoms with E-state index in [-0.39, 0.29) is 16.9 Å². The van der Waals surface area contributed by atoms with Crippen LogP contribution in [0.25, 0.3) is 0 Å². The van der Waals surface area contributed by atoms with Gasteiger partial charge in [-0.1, -0.05) is 39.8 Å². The second-order valence-corrected chi connectivity index (χ2v) is 11.3. The molecule has 0 aliphatic carbocycles. The van der Waals surface area contributed by atoms with E-state index in [0.717, 1.165) is 17.5 Å². The van der Waals surface area contributed by atoms with E-state index in [9.17, 15) is 13.2 Å². The molecule has 31 heavy (non-hydrogen) atoms. The third-order valence-electron chi connectivity index (χ3n) is 5.88. The van der Waals surface area contributed by atoms with Crippen LogP contribution in [0.2, 0.25) is 0 Å². The summed E-state index contributed by atoms with van der Waals surface area (Å²) < 4.78 is 34.7. The third kappa shape index (κ3) is 5.01. The highest BCUT2D eigenvalue weighted by Gasteiger charge is 2.33. The van der Waals surface area contributed by atoms with Crippen LogP contribution >= 0.6 is 0 Å². The highest BCUT2D eigenvalue weighted by atomic mass is 32.2. The molecule has 7 nitrogen and oxygen atoms in total. The molecule has 0 atom stereocenters. The average Bonchev–Trinajstić information content (AvgIpc) is 3.01. The zero-order valence-electron chi connectivity index (χ0n) is 19.3. The Bertz CT molecular complexity index is 1040. The molecule has 3 rings (SSSR count). The minimum Gasteiger partial charge on any atom is -0.484 e. The molecule has 0 radical (unpaired) electrons. The Hall–Kier alpha value is -2.19. The number of ether oxygens (including phenoxy) is 1. The van der Waals surface area contributed by atoms with Crippen LogP contribution in [0.4, 0.5) is 0 Å². The number of carbonyl (C=O) groups excluding carboxylic acids is 1. The molecule has 1 aliphatic heterocycles. The SMILES string of the molecule is Cc1nn(C(=O)COc2ccc(C(C)(C)C)cc2)c(C)c1S(=O)(=O)N1CCC(C)CC1. The topological polar surface area (TPSA) is 81.5 Å². The van der Waals surface area contributed by atoms with Crippen molar-refractivity contribution in [1.82, 2.24) is 14.1 Å². The van der Waals surface area contributed by atoms with Crippen molar-refractivity contribution in [2.45, 2.75) is 64.7 Å². The molecule has 170 valence electrons. The van der Waals surface area contributed by atoms with E-state index in [1.165, 1.54) is 9.87 Å². The minimum absolute atomic E-state index is 0.0341. The number of piperidine rings is 1. The van der Waals surface area contributed by atoms with Gasteiger partial charge in [-0.3, -0.25) is 4.79 Å². The summed E-state index contributed by atoms with van der Waals surface area (Å²) in [5.41, 5.74) is 1.87. The summed E-state index contributed by atoms with van der Waals surface area (Å²) in [4.78, 5) is 12.9. The van der Waals surface area contributed by atoms with Crippen LogP contribution < -0.4 is 4.74 Å². The highest BCUT2D eigenvalue weighted by Crippen LogP contribution is 2.28. The predicted molar refractivity (Wildman–Crippen MR) is 120 cm³/mol. The van der Waals surface area contributed by atoms with Crippen LogP contribution in [0.5, 0.6) is 5.75 Å². The second-order valence-electron chi connectivity index (χ2n) is 9.46. The summed E-state index contributed by atoms with van der Waals surface area (Å²) in [5, 5.41) is 4.23. The van der Waals surface area contributed by atoms with Crippen LogP contribution in [0.15, 0.2) is 29.2 Å². The predicted octanol–water partition coefficient (Wildman–Crippen LogP) is 3.94. The summed E-state index contributed by atoms with van der Waals surface area (Å²) >= 11 is 0. The molecule has 8 heteroatoms. The van der Waals surface area contributed by atoms with Gasteiger partial charge in [0.05, 0.1) is 11.4 Å². The maximum Gasteiger partial charge on any atom is 0.285 e. The molecule has 0 bridgehead atoms. The zero-order chi connectivity index (χ0) is 23.0. The maximum absolute atomic E-state index is 13.2. The van der Waals surface area contributed by atoms with Gasteiger partial charge in [-0.2, -0.15) is 9.40 Å². The fourth-order valence-corrected chi connectivity index (χ4v) is 5.68. The van der Waals surface area contributed by atoms with Crippen molar-refractivity contribution in [3.05, 3.63) is 41.2 Å². The zero-order valence-corrected chi connectivity index (χ0v) is 20.1. The number of hydrogen-bond donors (Lipinski definition) is 0. The molecule has 1 aromatic heterocycles. The molecule has 0 N–H and O–H groups in total. The molecule has 0 saturated carbocycles.